The van der Waals surface area contributed by atoms with E-state index in [2.05, 4.69) is 0 Å². The van der Waals surface area contributed by atoms with Crippen molar-refractivity contribution >= 4 is 25.1 Å². The Morgan fingerprint density at radius 2 is 2.23 bits per heavy atom. The van der Waals surface area contributed by atoms with E-state index in [1.54, 1.807) is 19.2 Å². The number of hydrogen-bond donors (Lipinski definition) is 0. The van der Waals surface area contributed by atoms with E-state index in [4.69, 9.17) is 7.81 Å². The molecule has 0 unspecified atom stereocenters. The second-order valence-corrected chi connectivity index (χ2v) is 5.51. The number of benzene rings is 1. The molecule has 0 saturated heterocycles. The summed E-state index contributed by atoms with van der Waals surface area (Å²) in [6.45, 7) is 1.22. The standard InChI is InChI=1S/C6H4F.C3H7O2.Sn/c7-6-4-2-1-3-5-6;1-5-3-2-4;/h1-2,4-5H;2-3H2,1H3;/q;-1;+1. The van der Waals surface area contributed by atoms with E-state index in [9.17, 15) is 4.39 Å². The summed E-state index contributed by atoms with van der Waals surface area (Å²) in [5.41, 5.74) is 0. The van der Waals surface area contributed by atoms with Crippen LogP contribution in [-0.4, -0.2) is 41.9 Å². The maximum atomic E-state index is 12.7. The van der Waals surface area contributed by atoms with Crippen LogP contribution in [0.15, 0.2) is 24.3 Å². The Labute approximate surface area is 87.8 Å². The molecule has 0 aliphatic rings. The molecule has 0 atom stereocenters. The fourth-order valence-corrected chi connectivity index (χ4v) is 2.85. The van der Waals surface area contributed by atoms with Gasteiger partial charge in [0.25, 0.3) is 0 Å². The fraction of sp³-hybridized carbons (Fsp3) is 0.333. The van der Waals surface area contributed by atoms with Crippen molar-refractivity contribution < 1.29 is 12.2 Å². The summed E-state index contributed by atoms with van der Waals surface area (Å²) in [7, 11) is 1.64. The van der Waals surface area contributed by atoms with E-state index in [0.29, 0.717) is 13.2 Å². The first-order chi connectivity index (χ1) is 6.33. The SMILES string of the molecule is COCC[O][Sn][c]1cccc(F)c1. The van der Waals surface area contributed by atoms with Crippen molar-refractivity contribution in [3.8, 4) is 0 Å². The van der Waals surface area contributed by atoms with Gasteiger partial charge >= 0.3 is 87.7 Å². The third-order valence-corrected chi connectivity index (χ3v) is 3.96. The van der Waals surface area contributed by atoms with Crippen molar-refractivity contribution in [3.05, 3.63) is 30.1 Å². The van der Waals surface area contributed by atoms with Crippen LogP contribution in [0.4, 0.5) is 4.39 Å². The number of hydrogen-bond acceptors (Lipinski definition) is 2. The maximum absolute atomic E-state index is 12.7. The molecule has 0 N–H and O–H groups in total. The van der Waals surface area contributed by atoms with Crippen molar-refractivity contribution in [3.63, 3.8) is 0 Å². The second kappa shape index (κ2) is 6.34. The molecule has 0 aromatic heterocycles. The van der Waals surface area contributed by atoms with Gasteiger partial charge < -0.3 is 0 Å². The van der Waals surface area contributed by atoms with Crippen LogP contribution in [0.25, 0.3) is 0 Å². The normalized spacial score (nSPS) is 10.3. The number of rotatable bonds is 5. The van der Waals surface area contributed by atoms with E-state index < -0.39 is 21.6 Å². The summed E-state index contributed by atoms with van der Waals surface area (Å²) in [4.78, 5) is 0. The van der Waals surface area contributed by atoms with E-state index in [1.165, 1.54) is 6.07 Å². The van der Waals surface area contributed by atoms with Gasteiger partial charge in [0.1, 0.15) is 0 Å². The summed E-state index contributed by atoms with van der Waals surface area (Å²) in [6, 6.07) is 6.60. The molecule has 0 fully saturated rings. The first kappa shape index (κ1) is 10.9. The minimum absolute atomic E-state index is 0.186. The van der Waals surface area contributed by atoms with E-state index >= 15 is 0 Å². The Morgan fingerprint density at radius 1 is 1.38 bits per heavy atom. The van der Waals surface area contributed by atoms with Crippen LogP contribution in [0.1, 0.15) is 0 Å². The molecule has 2 radical (unpaired) electrons. The Hall–Kier alpha value is -0.131. The molecule has 1 rings (SSSR count). The fourth-order valence-electron chi connectivity index (χ4n) is 0.811. The topological polar surface area (TPSA) is 18.5 Å². The molecule has 0 spiro atoms. The summed E-state index contributed by atoms with van der Waals surface area (Å²) in [5.74, 6) is -0.186. The summed E-state index contributed by atoms with van der Waals surface area (Å²) in [6.07, 6.45) is 0. The van der Waals surface area contributed by atoms with Crippen molar-refractivity contribution in [2.24, 2.45) is 0 Å². The number of ether oxygens (including phenoxy) is 1. The molecule has 70 valence electrons. The molecule has 0 aliphatic heterocycles. The van der Waals surface area contributed by atoms with Crippen LogP contribution >= 0.6 is 0 Å². The van der Waals surface area contributed by atoms with Gasteiger partial charge in [-0.15, -0.1) is 0 Å². The van der Waals surface area contributed by atoms with Gasteiger partial charge in [-0.1, -0.05) is 0 Å². The van der Waals surface area contributed by atoms with Crippen LogP contribution < -0.4 is 3.58 Å². The molecule has 0 aliphatic carbocycles. The predicted molar refractivity (Wildman–Crippen MR) is 49.6 cm³/mol. The average molecular weight is 289 g/mol. The zero-order valence-corrected chi connectivity index (χ0v) is 10.3. The van der Waals surface area contributed by atoms with Crippen LogP contribution in [0.3, 0.4) is 0 Å². The van der Waals surface area contributed by atoms with Crippen LogP contribution in [-0.2, 0) is 7.81 Å². The van der Waals surface area contributed by atoms with Gasteiger partial charge in [0.05, 0.1) is 0 Å². The van der Waals surface area contributed by atoms with E-state index in [-0.39, 0.29) is 5.82 Å². The van der Waals surface area contributed by atoms with E-state index in [0.717, 1.165) is 3.58 Å². The predicted octanol–water partition coefficient (Wildman–Crippen LogP) is 0.733. The van der Waals surface area contributed by atoms with Gasteiger partial charge in [0.2, 0.25) is 0 Å². The molecule has 13 heavy (non-hydrogen) atoms. The quantitative estimate of drug-likeness (QED) is 0.588. The summed E-state index contributed by atoms with van der Waals surface area (Å²) < 4.78 is 23.9. The van der Waals surface area contributed by atoms with Crippen molar-refractivity contribution in [2.75, 3.05) is 20.3 Å². The molecule has 0 amide bonds. The van der Waals surface area contributed by atoms with Crippen LogP contribution in [0.5, 0.6) is 0 Å². The molecule has 1 aromatic carbocycles. The molecular weight excluding hydrogens is 278 g/mol. The van der Waals surface area contributed by atoms with Gasteiger partial charge in [0.15, 0.2) is 0 Å². The number of halogens is 1. The molecule has 0 heterocycles. The third kappa shape index (κ3) is 4.59. The third-order valence-electron chi connectivity index (χ3n) is 1.40. The first-order valence-electron chi connectivity index (χ1n) is 3.95. The van der Waals surface area contributed by atoms with Crippen LogP contribution in [0, 0.1) is 5.82 Å². The second-order valence-electron chi connectivity index (χ2n) is 2.45. The van der Waals surface area contributed by atoms with Gasteiger partial charge in [-0.05, 0) is 0 Å². The zero-order valence-electron chi connectivity index (χ0n) is 7.42. The Morgan fingerprint density at radius 3 is 2.92 bits per heavy atom. The minimum atomic E-state index is -1.04. The van der Waals surface area contributed by atoms with Crippen molar-refractivity contribution in [1.29, 1.82) is 0 Å². The molecule has 4 heteroatoms. The molecule has 2 nitrogen and oxygen atoms in total. The zero-order chi connectivity index (χ0) is 9.52. The van der Waals surface area contributed by atoms with Gasteiger partial charge in [-0.3, -0.25) is 0 Å². The Balaban J connectivity index is 2.28. The van der Waals surface area contributed by atoms with Crippen molar-refractivity contribution in [2.45, 2.75) is 0 Å². The van der Waals surface area contributed by atoms with Gasteiger partial charge in [0, 0.05) is 0 Å². The molecule has 0 saturated carbocycles. The average Bonchev–Trinajstić information content (AvgIpc) is 2.13. The van der Waals surface area contributed by atoms with Gasteiger partial charge in [-0.25, -0.2) is 0 Å². The van der Waals surface area contributed by atoms with Gasteiger partial charge in [-0.2, -0.15) is 0 Å². The summed E-state index contributed by atoms with van der Waals surface area (Å²) >= 11 is -1.04. The van der Waals surface area contributed by atoms with Crippen LogP contribution in [0.2, 0.25) is 0 Å². The first-order valence-corrected chi connectivity index (χ1v) is 6.54. The molecular formula is C9H11FO2Sn. The number of methoxy groups -OCH3 is 1. The Bertz CT molecular complexity index is 255. The Kier molecular flexibility index (Phi) is 5.34. The molecule has 0 bridgehead atoms. The van der Waals surface area contributed by atoms with Crippen molar-refractivity contribution in [1.82, 2.24) is 0 Å². The monoisotopic (exact) mass is 290 g/mol. The molecule has 1 aromatic rings. The summed E-state index contributed by atoms with van der Waals surface area (Å²) in [5, 5.41) is 0. The van der Waals surface area contributed by atoms with E-state index in [1.807, 2.05) is 6.07 Å².